The maximum atomic E-state index is 11.5. The van der Waals surface area contributed by atoms with Crippen LogP contribution in [0.3, 0.4) is 0 Å². The molecule has 0 atom stereocenters. The van der Waals surface area contributed by atoms with Gasteiger partial charge in [-0.3, -0.25) is 10.1 Å². The van der Waals surface area contributed by atoms with Gasteiger partial charge < -0.3 is 11.5 Å². The zero-order chi connectivity index (χ0) is 18.0. The molecule has 3 aromatic rings. The van der Waals surface area contributed by atoms with Crippen molar-refractivity contribution in [2.75, 3.05) is 5.32 Å². The Bertz CT molecular complexity index is 944. The van der Waals surface area contributed by atoms with E-state index in [1.54, 1.807) is 0 Å². The van der Waals surface area contributed by atoms with E-state index in [0.29, 0.717) is 0 Å². The molecule has 7 heteroatoms. The standard InChI is InChI=1S/C18H17N5O2/c1-11-4-2-3-5-14(11)12-6-8-13(9-7-12)23-10-15(16(19)24)17(22-23)21-18(20)25/h2-10H,1H3,(H2,19,24)(H3,20,21,22,25). The number of hydrogen-bond acceptors (Lipinski definition) is 3. The van der Waals surface area contributed by atoms with Crippen LogP contribution in [0.15, 0.2) is 54.7 Å². The fourth-order valence-corrected chi connectivity index (χ4v) is 2.59. The molecule has 0 aliphatic rings. The number of benzene rings is 2. The summed E-state index contributed by atoms with van der Waals surface area (Å²) in [4.78, 5) is 22.5. The molecule has 1 heterocycles. The number of nitrogens with one attached hydrogen (secondary N) is 1. The van der Waals surface area contributed by atoms with Crippen molar-refractivity contribution in [3.63, 3.8) is 0 Å². The van der Waals surface area contributed by atoms with Gasteiger partial charge in [-0.15, -0.1) is 5.10 Å². The predicted molar refractivity (Wildman–Crippen MR) is 95.5 cm³/mol. The monoisotopic (exact) mass is 335 g/mol. The highest BCUT2D eigenvalue weighted by Crippen LogP contribution is 2.24. The summed E-state index contributed by atoms with van der Waals surface area (Å²) in [5, 5.41) is 6.46. The lowest BCUT2D eigenvalue weighted by Crippen LogP contribution is -2.22. The van der Waals surface area contributed by atoms with Crippen LogP contribution in [0.4, 0.5) is 10.6 Å². The van der Waals surface area contributed by atoms with E-state index in [1.807, 2.05) is 36.4 Å². The Hall–Kier alpha value is -3.61. The molecule has 0 saturated heterocycles. The zero-order valence-corrected chi connectivity index (χ0v) is 13.6. The minimum Gasteiger partial charge on any atom is -0.365 e. The van der Waals surface area contributed by atoms with E-state index >= 15 is 0 Å². The zero-order valence-electron chi connectivity index (χ0n) is 13.6. The second-order valence-corrected chi connectivity index (χ2v) is 5.55. The van der Waals surface area contributed by atoms with Crippen LogP contribution in [-0.2, 0) is 0 Å². The van der Waals surface area contributed by atoms with Crippen LogP contribution >= 0.6 is 0 Å². The number of nitrogens with zero attached hydrogens (tertiary/aromatic N) is 2. The van der Waals surface area contributed by atoms with Gasteiger partial charge in [0.05, 0.1) is 5.69 Å². The molecule has 3 rings (SSSR count). The highest BCUT2D eigenvalue weighted by atomic mass is 16.2. The van der Waals surface area contributed by atoms with Gasteiger partial charge in [0.25, 0.3) is 5.91 Å². The number of primary amides is 2. The number of urea groups is 1. The third-order valence-corrected chi connectivity index (χ3v) is 3.81. The smallest absolute Gasteiger partial charge is 0.317 e. The Morgan fingerprint density at radius 2 is 1.72 bits per heavy atom. The number of hydrogen-bond donors (Lipinski definition) is 3. The van der Waals surface area contributed by atoms with Crippen molar-refractivity contribution < 1.29 is 9.59 Å². The van der Waals surface area contributed by atoms with Gasteiger partial charge in [-0.2, -0.15) is 0 Å². The van der Waals surface area contributed by atoms with Crippen molar-refractivity contribution in [2.24, 2.45) is 11.5 Å². The summed E-state index contributed by atoms with van der Waals surface area (Å²) in [6.07, 6.45) is 1.45. The van der Waals surface area contributed by atoms with Crippen molar-refractivity contribution in [2.45, 2.75) is 6.92 Å². The molecule has 25 heavy (non-hydrogen) atoms. The van der Waals surface area contributed by atoms with Crippen molar-refractivity contribution in [3.05, 3.63) is 65.9 Å². The molecule has 0 fully saturated rings. The summed E-state index contributed by atoms with van der Waals surface area (Å²) in [5.74, 6) is -0.672. The highest BCUT2D eigenvalue weighted by Gasteiger charge is 2.16. The number of nitrogens with two attached hydrogens (primary N) is 2. The third kappa shape index (κ3) is 3.35. The van der Waals surface area contributed by atoms with Gasteiger partial charge in [0.1, 0.15) is 5.56 Å². The van der Waals surface area contributed by atoms with E-state index < -0.39 is 11.9 Å². The molecule has 0 spiro atoms. The van der Waals surface area contributed by atoms with Gasteiger partial charge in [0, 0.05) is 6.20 Å². The SMILES string of the molecule is Cc1ccccc1-c1ccc(-n2cc(C(N)=O)c(NC(N)=O)n2)cc1. The van der Waals surface area contributed by atoms with Crippen LogP contribution in [0, 0.1) is 6.92 Å². The van der Waals surface area contributed by atoms with Crippen LogP contribution < -0.4 is 16.8 Å². The lowest BCUT2D eigenvalue weighted by atomic mass is 10.0. The normalized spacial score (nSPS) is 10.4. The van der Waals surface area contributed by atoms with E-state index in [9.17, 15) is 9.59 Å². The van der Waals surface area contributed by atoms with Crippen LogP contribution in [0.2, 0.25) is 0 Å². The Balaban J connectivity index is 1.96. The molecule has 3 amide bonds. The summed E-state index contributed by atoms with van der Waals surface area (Å²) >= 11 is 0. The first-order chi connectivity index (χ1) is 12.0. The first-order valence-electron chi connectivity index (χ1n) is 7.58. The minimum atomic E-state index is -0.817. The number of carbonyl (C=O) groups excluding carboxylic acids is 2. The first-order valence-corrected chi connectivity index (χ1v) is 7.58. The van der Waals surface area contributed by atoms with Crippen LogP contribution in [0.1, 0.15) is 15.9 Å². The number of aromatic nitrogens is 2. The second kappa shape index (κ2) is 6.48. The van der Waals surface area contributed by atoms with Gasteiger partial charge >= 0.3 is 6.03 Å². The van der Waals surface area contributed by atoms with E-state index in [2.05, 4.69) is 29.5 Å². The Kier molecular flexibility index (Phi) is 4.21. The van der Waals surface area contributed by atoms with Crippen molar-refractivity contribution in [1.29, 1.82) is 0 Å². The van der Waals surface area contributed by atoms with Crippen LogP contribution in [-0.4, -0.2) is 21.7 Å². The quantitative estimate of drug-likeness (QED) is 0.680. The lowest BCUT2D eigenvalue weighted by Gasteiger charge is -2.07. The van der Waals surface area contributed by atoms with Crippen LogP contribution in [0.5, 0.6) is 0 Å². The van der Waals surface area contributed by atoms with Gasteiger partial charge in [-0.25, -0.2) is 9.48 Å². The van der Waals surface area contributed by atoms with E-state index in [-0.39, 0.29) is 11.4 Å². The molecule has 0 unspecified atom stereocenters. The third-order valence-electron chi connectivity index (χ3n) is 3.81. The fourth-order valence-electron chi connectivity index (χ4n) is 2.59. The molecule has 0 aliphatic carbocycles. The van der Waals surface area contributed by atoms with Crippen LogP contribution in [0.25, 0.3) is 16.8 Å². The number of rotatable bonds is 4. The van der Waals surface area contributed by atoms with E-state index in [0.717, 1.165) is 16.8 Å². The largest absolute Gasteiger partial charge is 0.365 e. The van der Waals surface area contributed by atoms with Gasteiger partial charge in [0.2, 0.25) is 0 Å². The molecule has 2 aromatic carbocycles. The van der Waals surface area contributed by atoms with E-state index in [4.69, 9.17) is 11.5 Å². The molecule has 5 N–H and O–H groups in total. The number of aryl methyl sites for hydroxylation is 1. The average Bonchev–Trinajstić information content (AvgIpc) is 2.99. The fraction of sp³-hybridized carbons (Fsp3) is 0.0556. The van der Waals surface area contributed by atoms with Gasteiger partial charge in [0.15, 0.2) is 5.82 Å². The van der Waals surface area contributed by atoms with Crippen molar-refractivity contribution in [1.82, 2.24) is 9.78 Å². The molecule has 0 aliphatic heterocycles. The Morgan fingerprint density at radius 1 is 1.04 bits per heavy atom. The maximum absolute atomic E-state index is 11.5. The minimum absolute atomic E-state index is 0.0305. The summed E-state index contributed by atoms with van der Waals surface area (Å²) in [6.45, 7) is 2.05. The molecule has 1 aromatic heterocycles. The van der Waals surface area contributed by atoms with Crippen molar-refractivity contribution in [3.8, 4) is 16.8 Å². The lowest BCUT2D eigenvalue weighted by molar-refractivity contribution is 0.100. The molecular formula is C18H17N5O2. The average molecular weight is 335 g/mol. The summed E-state index contributed by atoms with van der Waals surface area (Å²) in [6, 6.07) is 14.9. The Labute approximate surface area is 144 Å². The van der Waals surface area contributed by atoms with Gasteiger partial charge in [-0.05, 0) is 35.7 Å². The van der Waals surface area contributed by atoms with E-state index in [1.165, 1.54) is 16.4 Å². The van der Waals surface area contributed by atoms with Gasteiger partial charge in [-0.1, -0.05) is 36.4 Å². The topological polar surface area (TPSA) is 116 Å². The Morgan fingerprint density at radius 3 is 2.32 bits per heavy atom. The summed E-state index contributed by atoms with van der Waals surface area (Å²) in [7, 11) is 0. The maximum Gasteiger partial charge on any atom is 0.317 e. The molecule has 126 valence electrons. The second-order valence-electron chi connectivity index (χ2n) is 5.55. The molecule has 0 saturated carbocycles. The number of anilines is 1. The predicted octanol–water partition coefficient (Wildman–Crippen LogP) is 2.44. The van der Waals surface area contributed by atoms with Crippen molar-refractivity contribution >= 4 is 17.8 Å². The number of amides is 3. The first kappa shape index (κ1) is 16.3. The summed E-state index contributed by atoms with van der Waals surface area (Å²) < 4.78 is 1.47. The molecule has 7 nitrogen and oxygen atoms in total. The summed E-state index contributed by atoms with van der Waals surface area (Å²) in [5.41, 5.74) is 14.6. The number of carbonyl (C=O) groups is 2. The molecule has 0 radical (unpaired) electrons. The molecular weight excluding hydrogens is 318 g/mol. The highest BCUT2D eigenvalue weighted by molar-refractivity contribution is 6.01. The molecule has 0 bridgehead atoms.